The van der Waals surface area contributed by atoms with Crippen LogP contribution in [0.5, 0.6) is 0 Å². The molecule has 1 amide bonds. The summed E-state index contributed by atoms with van der Waals surface area (Å²) >= 11 is 0. The molecule has 0 bridgehead atoms. The van der Waals surface area contributed by atoms with Gasteiger partial charge in [-0.25, -0.2) is 0 Å². The summed E-state index contributed by atoms with van der Waals surface area (Å²) in [7, 11) is 1.64. The highest BCUT2D eigenvalue weighted by Crippen LogP contribution is 2.18. The monoisotopic (exact) mass is 302 g/mol. The Morgan fingerprint density at radius 1 is 1.50 bits per heavy atom. The van der Waals surface area contributed by atoms with Gasteiger partial charge >= 0.3 is 0 Å². The molecule has 0 radical (unpaired) electrons. The average Bonchev–Trinajstić information content (AvgIpc) is 2.53. The third-order valence-electron chi connectivity index (χ3n) is 3.62. The normalized spacial score (nSPS) is 15.2. The second kappa shape index (κ2) is 8.37. The quantitative estimate of drug-likeness (QED) is 0.733. The molecular weight excluding hydrogens is 280 g/mol. The number of hydrogen-bond donors (Lipinski definition) is 2. The Balaban J connectivity index is 1.81. The van der Waals surface area contributed by atoms with E-state index >= 15 is 0 Å². The first-order valence-electron chi connectivity index (χ1n) is 7.48. The number of amides is 1. The zero-order valence-corrected chi connectivity index (χ0v) is 12.9. The van der Waals surface area contributed by atoms with Gasteiger partial charge in [0.25, 0.3) is 0 Å². The molecule has 1 aliphatic heterocycles. The molecule has 6 nitrogen and oxygen atoms in total. The van der Waals surface area contributed by atoms with Crippen molar-refractivity contribution in [1.82, 2.24) is 10.2 Å². The van der Waals surface area contributed by atoms with Gasteiger partial charge in [0.1, 0.15) is 0 Å². The number of hydrogen-bond acceptors (Lipinski definition) is 5. The van der Waals surface area contributed by atoms with Gasteiger partial charge in [-0.1, -0.05) is 0 Å². The fraction of sp³-hybridized carbons (Fsp3) is 0.500. The van der Waals surface area contributed by atoms with Gasteiger partial charge in [-0.05, 0) is 24.6 Å². The maximum atomic E-state index is 11.3. The van der Waals surface area contributed by atoms with E-state index in [2.05, 4.69) is 21.6 Å². The summed E-state index contributed by atoms with van der Waals surface area (Å²) in [5, 5.41) is 15.2. The predicted octanol–water partition coefficient (Wildman–Crippen LogP) is 0.938. The lowest BCUT2D eigenvalue weighted by molar-refractivity contribution is -0.124. The van der Waals surface area contributed by atoms with Gasteiger partial charge in [0, 0.05) is 44.5 Å². The minimum atomic E-state index is 0.105. The Morgan fingerprint density at radius 3 is 3.09 bits per heavy atom. The van der Waals surface area contributed by atoms with Crippen LogP contribution >= 0.6 is 0 Å². The lowest BCUT2D eigenvalue weighted by Gasteiger charge is -2.26. The number of nitriles is 1. The summed E-state index contributed by atoms with van der Waals surface area (Å²) in [5.74, 6) is 0.105. The van der Waals surface area contributed by atoms with E-state index in [4.69, 9.17) is 10.00 Å². The van der Waals surface area contributed by atoms with Crippen molar-refractivity contribution in [1.29, 1.82) is 5.26 Å². The summed E-state index contributed by atoms with van der Waals surface area (Å²) in [4.78, 5) is 13.5. The molecule has 0 aliphatic carbocycles. The summed E-state index contributed by atoms with van der Waals surface area (Å²) in [6, 6.07) is 7.71. The Bertz CT molecular complexity index is 554. The standard InChI is InChI=1S/C16H22N4O2/c1-22-12-14-9-13(10-17)3-4-15(14)18-5-2-7-20-8-6-19-16(21)11-20/h3-4,9,18H,2,5-8,11-12H2,1H3,(H,19,21). The Labute approximate surface area is 131 Å². The largest absolute Gasteiger partial charge is 0.385 e. The topological polar surface area (TPSA) is 77.4 Å². The molecule has 0 saturated carbocycles. The van der Waals surface area contributed by atoms with Crippen LogP contribution in [0.3, 0.4) is 0 Å². The first kappa shape index (κ1) is 16.3. The van der Waals surface area contributed by atoms with Crippen LogP contribution in [0, 0.1) is 11.3 Å². The maximum Gasteiger partial charge on any atom is 0.234 e. The second-order valence-corrected chi connectivity index (χ2v) is 5.32. The fourth-order valence-corrected chi connectivity index (χ4v) is 2.52. The van der Waals surface area contributed by atoms with Crippen LogP contribution < -0.4 is 10.6 Å². The number of rotatable bonds is 7. The highest BCUT2D eigenvalue weighted by atomic mass is 16.5. The molecule has 1 fully saturated rings. The van der Waals surface area contributed by atoms with Crippen molar-refractivity contribution in [3.8, 4) is 6.07 Å². The van der Waals surface area contributed by atoms with Gasteiger partial charge < -0.3 is 15.4 Å². The van der Waals surface area contributed by atoms with Crippen molar-refractivity contribution < 1.29 is 9.53 Å². The number of nitrogens with one attached hydrogen (secondary N) is 2. The Kier molecular flexibility index (Phi) is 6.19. The van der Waals surface area contributed by atoms with E-state index in [9.17, 15) is 4.79 Å². The lowest BCUT2D eigenvalue weighted by atomic mass is 10.1. The van der Waals surface area contributed by atoms with Gasteiger partial charge in [0.15, 0.2) is 0 Å². The van der Waals surface area contributed by atoms with E-state index in [0.717, 1.165) is 43.9 Å². The van der Waals surface area contributed by atoms with Gasteiger partial charge in [0.05, 0.1) is 24.8 Å². The van der Waals surface area contributed by atoms with Crippen molar-refractivity contribution in [2.24, 2.45) is 0 Å². The Hall–Kier alpha value is -2.10. The molecule has 1 heterocycles. The number of carbonyl (C=O) groups is 1. The maximum absolute atomic E-state index is 11.3. The molecule has 0 spiro atoms. The number of nitrogens with zero attached hydrogens (tertiary/aromatic N) is 2. The lowest BCUT2D eigenvalue weighted by Crippen LogP contribution is -2.47. The van der Waals surface area contributed by atoms with Gasteiger partial charge in [-0.3, -0.25) is 9.69 Å². The molecule has 2 rings (SSSR count). The van der Waals surface area contributed by atoms with Crippen LogP contribution in [-0.4, -0.2) is 50.6 Å². The molecule has 1 aromatic carbocycles. The van der Waals surface area contributed by atoms with Crippen LogP contribution in [0.2, 0.25) is 0 Å². The third-order valence-corrected chi connectivity index (χ3v) is 3.62. The minimum Gasteiger partial charge on any atom is -0.385 e. The molecule has 118 valence electrons. The van der Waals surface area contributed by atoms with Crippen molar-refractivity contribution in [2.45, 2.75) is 13.0 Å². The summed E-state index contributed by atoms with van der Waals surface area (Å²) in [5.41, 5.74) is 2.62. The number of benzene rings is 1. The SMILES string of the molecule is COCc1cc(C#N)ccc1NCCCN1CCNC(=O)C1. The van der Waals surface area contributed by atoms with Gasteiger partial charge in [-0.2, -0.15) is 5.26 Å². The molecule has 22 heavy (non-hydrogen) atoms. The van der Waals surface area contributed by atoms with Gasteiger partial charge in [-0.15, -0.1) is 0 Å². The summed E-state index contributed by atoms with van der Waals surface area (Å²) < 4.78 is 5.18. The number of anilines is 1. The molecule has 0 unspecified atom stereocenters. The van der Waals surface area contributed by atoms with E-state index in [-0.39, 0.29) is 5.91 Å². The zero-order chi connectivity index (χ0) is 15.8. The predicted molar refractivity (Wildman–Crippen MR) is 84.4 cm³/mol. The van der Waals surface area contributed by atoms with E-state index in [0.29, 0.717) is 18.7 Å². The van der Waals surface area contributed by atoms with E-state index in [1.54, 1.807) is 13.2 Å². The van der Waals surface area contributed by atoms with Crippen LogP contribution in [0.1, 0.15) is 17.5 Å². The van der Waals surface area contributed by atoms with Crippen molar-refractivity contribution in [3.05, 3.63) is 29.3 Å². The molecular formula is C16H22N4O2. The molecule has 6 heteroatoms. The van der Waals surface area contributed by atoms with Crippen LogP contribution in [0.25, 0.3) is 0 Å². The number of ether oxygens (including phenoxy) is 1. The first-order valence-corrected chi connectivity index (χ1v) is 7.48. The Morgan fingerprint density at radius 2 is 2.36 bits per heavy atom. The minimum absolute atomic E-state index is 0.105. The molecule has 1 aromatic rings. The van der Waals surface area contributed by atoms with Crippen molar-refractivity contribution in [2.75, 3.05) is 45.2 Å². The van der Waals surface area contributed by atoms with Crippen molar-refractivity contribution in [3.63, 3.8) is 0 Å². The molecule has 0 atom stereocenters. The molecule has 1 aliphatic rings. The van der Waals surface area contributed by atoms with E-state index in [1.165, 1.54) is 0 Å². The first-order chi connectivity index (χ1) is 10.7. The third kappa shape index (κ3) is 4.72. The van der Waals surface area contributed by atoms with Crippen LogP contribution in [0.4, 0.5) is 5.69 Å². The number of carbonyl (C=O) groups excluding carboxylic acids is 1. The fourth-order valence-electron chi connectivity index (χ4n) is 2.52. The highest BCUT2D eigenvalue weighted by molar-refractivity contribution is 5.78. The zero-order valence-electron chi connectivity index (χ0n) is 12.9. The number of piperazine rings is 1. The van der Waals surface area contributed by atoms with Crippen LogP contribution in [0.15, 0.2) is 18.2 Å². The molecule has 2 N–H and O–H groups in total. The second-order valence-electron chi connectivity index (χ2n) is 5.32. The van der Waals surface area contributed by atoms with Crippen LogP contribution in [-0.2, 0) is 16.1 Å². The van der Waals surface area contributed by atoms with E-state index < -0.39 is 0 Å². The number of methoxy groups -OCH3 is 1. The molecule has 0 aromatic heterocycles. The smallest absolute Gasteiger partial charge is 0.234 e. The average molecular weight is 302 g/mol. The van der Waals surface area contributed by atoms with Gasteiger partial charge in [0.2, 0.25) is 5.91 Å². The highest BCUT2D eigenvalue weighted by Gasteiger charge is 2.14. The van der Waals surface area contributed by atoms with E-state index in [1.807, 2.05) is 12.1 Å². The summed E-state index contributed by atoms with van der Waals surface area (Å²) in [6.07, 6.45) is 0.958. The summed E-state index contributed by atoms with van der Waals surface area (Å²) in [6.45, 7) is 4.34. The molecule has 1 saturated heterocycles. The van der Waals surface area contributed by atoms with Crippen molar-refractivity contribution >= 4 is 11.6 Å².